The lowest BCUT2D eigenvalue weighted by Gasteiger charge is -2.36. The minimum Gasteiger partial charge on any atom is -0.468 e. The third-order valence-electron chi connectivity index (χ3n) is 4.88. The van der Waals surface area contributed by atoms with Crippen LogP contribution in [0, 0.1) is 0 Å². The second kappa shape index (κ2) is 6.82. The number of nitrogens with two attached hydrogens (primary N) is 1. The van der Waals surface area contributed by atoms with Gasteiger partial charge in [0.25, 0.3) is 0 Å². The number of ether oxygens (including phenoxy) is 2. The maximum Gasteiger partial charge on any atom is 0.475 e. The van der Waals surface area contributed by atoms with Crippen molar-refractivity contribution in [1.29, 1.82) is 0 Å². The molecule has 11 nitrogen and oxygen atoms in total. The summed E-state index contributed by atoms with van der Waals surface area (Å²) in [7, 11) is -2.42. The number of rotatable bonds is 3. The van der Waals surface area contributed by atoms with E-state index in [0.29, 0.717) is 5.71 Å². The molecule has 0 bridgehead atoms. The van der Waals surface area contributed by atoms with Crippen molar-refractivity contribution in [3.05, 3.63) is 0 Å². The SMILES string of the molecule is COC1=NC(N)=[NH+]C2C1=NCN2C1OC2COP(=O)(OC(C)C)OC2C1(C)F. The lowest BCUT2D eigenvalue weighted by molar-refractivity contribution is -0.518. The van der Waals surface area contributed by atoms with Crippen molar-refractivity contribution in [3.8, 4) is 0 Å². The van der Waals surface area contributed by atoms with Crippen LogP contribution in [-0.2, 0) is 27.6 Å². The molecule has 2 saturated heterocycles. The molecule has 0 aliphatic carbocycles. The van der Waals surface area contributed by atoms with E-state index < -0.39 is 44.2 Å². The van der Waals surface area contributed by atoms with Crippen LogP contribution in [0.1, 0.15) is 20.8 Å². The number of hydrogen-bond donors (Lipinski definition) is 2. The third-order valence-corrected chi connectivity index (χ3v) is 6.51. The van der Waals surface area contributed by atoms with Crippen LogP contribution in [-0.4, -0.2) is 79.2 Å². The van der Waals surface area contributed by atoms with Gasteiger partial charge >= 0.3 is 19.7 Å². The first kappa shape index (κ1) is 19.9. The zero-order chi connectivity index (χ0) is 20.3. The molecule has 156 valence electrons. The molecule has 0 saturated carbocycles. The van der Waals surface area contributed by atoms with Crippen LogP contribution in [0.15, 0.2) is 9.98 Å². The van der Waals surface area contributed by atoms with E-state index >= 15 is 4.39 Å². The summed E-state index contributed by atoms with van der Waals surface area (Å²) < 4.78 is 55.6. The summed E-state index contributed by atoms with van der Waals surface area (Å²) in [6.07, 6.45) is -3.91. The van der Waals surface area contributed by atoms with E-state index in [1.807, 2.05) is 0 Å². The Bertz CT molecular complexity index is 802. The molecular formula is C15H24FN5O6P+. The van der Waals surface area contributed by atoms with Crippen LogP contribution in [0.4, 0.5) is 4.39 Å². The first-order valence-corrected chi connectivity index (χ1v) is 10.4. The largest absolute Gasteiger partial charge is 0.475 e. The third kappa shape index (κ3) is 3.17. The van der Waals surface area contributed by atoms with Crippen molar-refractivity contribution in [2.45, 2.75) is 57.1 Å². The van der Waals surface area contributed by atoms with Gasteiger partial charge in [-0.15, -0.1) is 0 Å². The van der Waals surface area contributed by atoms with Crippen LogP contribution in [0.2, 0.25) is 0 Å². The van der Waals surface area contributed by atoms with Gasteiger partial charge in [0, 0.05) is 0 Å². The van der Waals surface area contributed by atoms with Crippen molar-refractivity contribution in [1.82, 2.24) is 4.90 Å². The Morgan fingerprint density at radius 3 is 2.93 bits per heavy atom. The van der Waals surface area contributed by atoms with Gasteiger partial charge in [-0.3, -0.25) is 29.3 Å². The highest BCUT2D eigenvalue weighted by Gasteiger charge is 2.64. The fourth-order valence-corrected chi connectivity index (χ4v) is 5.38. The highest BCUT2D eigenvalue weighted by molar-refractivity contribution is 7.48. The Labute approximate surface area is 161 Å². The van der Waals surface area contributed by atoms with E-state index in [9.17, 15) is 4.57 Å². The van der Waals surface area contributed by atoms with Crippen molar-refractivity contribution >= 4 is 25.4 Å². The van der Waals surface area contributed by atoms with Gasteiger partial charge < -0.3 is 9.47 Å². The number of phosphoric acid groups is 1. The summed E-state index contributed by atoms with van der Waals surface area (Å²) in [5, 5.41) is 0. The summed E-state index contributed by atoms with van der Waals surface area (Å²) in [6, 6.07) is 0. The van der Waals surface area contributed by atoms with Gasteiger partial charge in [-0.1, -0.05) is 0 Å². The van der Waals surface area contributed by atoms with Gasteiger partial charge in [0.15, 0.2) is 23.8 Å². The first-order valence-electron chi connectivity index (χ1n) is 8.92. The topological polar surface area (TPSA) is 131 Å². The lowest BCUT2D eigenvalue weighted by Crippen LogP contribution is -2.89. The van der Waals surface area contributed by atoms with Crippen LogP contribution >= 0.6 is 7.82 Å². The monoisotopic (exact) mass is 420 g/mol. The Balaban J connectivity index is 1.57. The van der Waals surface area contributed by atoms with Gasteiger partial charge in [-0.25, -0.2) is 13.9 Å². The number of guanidine groups is 1. The zero-order valence-corrected chi connectivity index (χ0v) is 16.9. The van der Waals surface area contributed by atoms with E-state index in [1.165, 1.54) is 14.0 Å². The predicted octanol–water partition coefficient (Wildman–Crippen LogP) is -1.12. The molecule has 2 fully saturated rings. The van der Waals surface area contributed by atoms with Crippen LogP contribution in [0.3, 0.4) is 0 Å². The summed E-state index contributed by atoms with van der Waals surface area (Å²) in [6.45, 7) is 4.74. The second-order valence-corrected chi connectivity index (χ2v) is 8.93. The molecule has 4 aliphatic heterocycles. The van der Waals surface area contributed by atoms with Crippen molar-refractivity contribution in [2.75, 3.05) is 20.4 Å². The molecule has 4 rings (SSSR count). The summed E-state index contributed by atoms with van der Waals surface area (Å²) in [5.41, 5.74) is 4.28. The Morgan fingerprint density at radius 2 is 2.25 bits per heavy atom. The van der Waals surface area contributed by atoms with Crippen LogP contribution in [0.25, 0.3) is 0 Å². The highest BCUT2D eigenvalue weighted by atomic mass is 31.2. The molecule has 0 spiro atoms. The number of nitrogens with zero attached hydrogens (tertiary/aromatic N) is 3. The number of halogens is 1. The van der Waals surface area contributed by atoms with Gasteiger partial charge in [0.05, 0.1) is 26.5 Å². The number of fused-ring (bicyclic) bond motifs is 2. The number of hydrogen-bond acceptors (Lipinski definition) is 10. The maximum absolute atomic E-state index is 15.9. The van der Waals surface area contributed by atoms with Gasteiger partial charge in [0.1, 0.15) is 12.2 Å². The average Bonchev–Trinajstić information content (AvgIpc) is 3.12. The molecule has 0 aromatic rings. The second-order valence-electron chi connectivity index (χ2n) is 7.35. The number of nitrogens with one attached hydrogen (secondary N) is 1. The fraction of sp³-hybridized carbons (Fsp3) is 0.800. The number of phosphoric ester groups is 1. The highest BCUT2D eigenvalue weighted by Crippen LogP contribution is 2.59. The molecule has 0 radical (unpaired) electrons. The lowest BCUT2D eigenvalue weighted by atomic mass is 9.97. The number of aliphatic imine (C=N–C) groups is 2. The van der Waals surface area contributed by atoms with Gasteiger partial charge in [-0.2, -0.15) is 0 Å². The van der Waals surface area contributed by atoms with Crippen molar-refractivity contribution in [2.24, 2.45) is 15.7 Å². The molecule has 28 heavy (non-hydrogen) atoms. The van der Waals surface area contributed by atoms with E-state index in [4.69, 9.17) is 28.8 Å². The quantitative estimate of drug-likeness (QED) is 0.549. The van der Waals surface area contributed by atoms with Gasteiger partial charge in [0.2, 0.25) is 0 Å². The van der Waals surface area contributed by atoms with Gasteiger partial charge in [-0.05, 0) is 25.8 Å². The smallest absolute Gasteiger partial charge is 0.468 e. The molecule has 6 unspecified atom stereocenters. The summed E-state index contributed by atoms with van der Waals surface area (Å²) >= 11 is 0. The Morgan fingerprint density at radius 1 is 1.50 bits per heavy atom. The fourth-order valence-electron chi connectivity index (χ4n) is 3.74. The molecule has 6 atom stereocenters. The van der Waals surface area contributed by atoms with E-state index in [-0.39, 0.29) is 25.1 Å². The molecule has 0 aromatic carbocycles. The molecule has 13 heteroatoms. The zero-order valence-electron chi connectivity index (χ0n) is 16.0. The van der Waals surface area contributed by atoms with Crippen molar-refractivity contribution < 1.29 is 37.0 Å². The molecule has 0 amide bonds. The normalized spacial score (nSPS) is 43.3. The summed E-state index contributed by atoms with van der Waals surface area (Å²) in [5.74, 6) is 0.382. The summed E-state index contributed by atoms with van der Waals surface area (Å²) in [4.78, 5) is 13.0. The van der Waals surface area contributed by atoms with E-state index in [1.54, 1.807) is 18.7 Å². The number of methoxy groups -OCH3 is 1. The standard InChI is InChI=1S/C15H23FN5O6P/c1-7(2)26-28(22)24-5-8-10(27-28)15(3,16)13(25-8)21-6-18-9-11(21)19-14(17)20-12(9)23-4/h7-8,10-11,13H,5-6H2,1-4H3,(H2,17,19)/p+1. The van der Waals surface area contributed by atoms with E-state index in [0.717, 1.165) is 0 Å². The molecule has 4 aliphatic rings. The molecular weight excluding hydrogens is 396 g/mol. The average molecular weight is 420 g/mol. The predicted molar refractivity (Wildman–Crippen MR) is 95.4 cm³/mol. The van der Waals surface area contributed by atoms with E-state index in [2.05, 4.69) is 15.0 Å². The maximum atomic E-state index is 15.9. The first-order chi connectivity index (χ1) is 13.1. The molecule has 0 aromatic heterocycles. The van der Waals surface area contributed by atoms with Crippen molar-refractivity contribution in [3.63, 3.8) is 0 Å². The Kier molecular flexibility index (Phi) is 4.84. The van der Waals surface area contributed by atoms with Crippen LogP contribution in [0.5, 0.6) is 0 Å². The number of alkyl halides is 1. The molecule has 4 heterocycles. The molecule has 3 N–H and O–H groups in total. The Hall–Kier alpha value is -1.43. The van der Waals surface area contributed by atoms with Crippen LogP contribution < -0.4 is 10.7 Å². The minimum atomic E-state index is -3.88. The minimum absolute atomic E-state index is 0.108.